The molecule has 0 aliphatic heterocycles. The monoisotopic (exact) mass is 430 g/mol. The fourth-order valence-corrected chi connectivity index (χ4v) is 8.44. The van der Waals surface area contributed by atoms with Gasteiger partial charge in [-0.25, -0.2) is 4.68 Å². The predicted octanol–water partition coefficient (Wildman–Crippen LogP) is 3.28. The third kappa shape index (κ3) is 3.75. The highest BCUT2D eigenvalue weighted by Gasteiger charge is 2.59. The second-order valence-electron chi connectivity index (χ2n) is 11.2. The number of nitrogens with zero attached hydrogens (tertiary/aromatic N) is 4. The Morgan fingerprint density at radius 3 is 2.74 bits per heavy atom. The van der Waals surface area contributed by atoms with E-state index < -0.39 is 5.60 Å². The van der Waals surface area contributed by atoms with Crippen molar-refractivity contribution >= 4 is 5.78 Å². The Kier molecular flexibility index (Phi) is 5.70. The second kappa shape index (κ2) is 8.22. The molecule has 1 heterocycles. The number of Topliss-reactive ketones (excluding diaryl/α,β-unsaturated/α-hetero) is 1. The minimum atomic E-state index is -0.617. The van der Waals surface area contributed by atoms with Gasteiger partial charge in [0.15, 0.2) is 5.78 Å². The molecule has 4 aliphatic rings. The van der Waals surface area contributed by atoms with E-state index in [9.17, 15) is 9.90 Å². The van der Waals surface area contributed by atoms with Crippen LogP contribution in [0.2, 0.25) is 0 Å². The third-order valence-electron chi connectivity index (χ3n) is 9.78. The van der Waals surface area contributed by atoms with Crippen LogP contribution in [0, 0.1) is 40.9 Å². The van der Waals surface area contributed by atoms with Gasteiger partial charge in [-0.1, -0.05) is 6.92 Å². The molecule has 31 heavy (non-hydrogen) atoms. The molecule has 172 valence electrons. The van der Waals surface area contributed by atoms with Crippen molar-refractivity contribution in [1.82, 2.24) is 20.2 Å². The van der Waals surface area contributed by atoms with Crippen LogP contribution in [-0.2, 0) is 16.1 Å². The molecule has 4 aliphatic carbocycles. The number of hydrogen-bond acceptors (Lipinski definition) is 6. The lowest BCUT2D eigenvalue weighted by atomic mass is 9.49. The largest absolute Gasteiger partial charge is 0.387 e. The van der Waals surface area contributed by atoms with E-state index in [2.05, 4.69) is 22.4 Å². The van der Waals surface area contributed by atoms with Crippen molar-refractivity contribution < 1.29 is 14.6 Å². The lowest BCUT2D eigenvalue weighted by Gasteiger charge is -2.57. The zero-order valence-electron chi connectivity index (χ0n) is 19.1. The van der Waals surface area contributed by atoms with Gasteiger partial charge in [-0.2, -0.15) is 0 Å². The summed E-state index contributed by atoms with van der Waals surface area (Å²) in [5.41, 5.74) is -0.488. The summed E-state index contributed by atoms with van der Waals surface area (Å²) in [6.07, 6.45) is 11.6. The van der Waals surface area contributed by atoms with E-state index in [-0.39, 0.29) is 11.3 Å². The first kappa shape index (κ1) is 21.5. The van der Waals surface area contributed by atoms with Gasteiger partial charge in [0, 0.05) is 12.5 Å². The second-order valence-corrected chi connectivity index (χ2v) is 11.2. The summed E-state index contributed by atoms with van der Waals surface area (Å²) in [6.45, 7) is 5.87. The molecule has 8 atom stereocenters. The minimum Gasteiger partial charge on any atom is -0.387 e. The number of aromatic nitrogens is 4. The molecule has 0 radical (unpaired) electrons. The number of hydrogen-bond donors (Lipinski definition) is 1. The Balaban J connectivity index is 1.27. The van der Waals surface area contributed by atoms with Crippen molar-refractivity contribution in [1.29, 1.82) is 0 Å². The van der Waals surface area contributed by atoms with Gasteiger partial charge in [0.2, 0.25) is 0 Å². The summed E-state index contributed by atoms with van der Waals surface area (Å²) < 4.78 is 7.18. The lowest BCUT2D eigenvalue weighted by molar-refractivity contribution is -0.138. The number of carbonyl (C=O) groups excluding carboxylic acids is 1. The van der Waals surface area contributed by atoms with E-state index in [1.165, 1.54) is 25.7 Å². The maximum atomic E-state index is 13.2. The molecule has 0 aromatic carbocycles. The number of tetrazole rings is 1. The highest BCUT2D eigenvalue weighted by molar-refractivity contribution is 5.82. The van der Waals surface area contributed by atoms with Gasteiger partial charge < -0.3 is 9.84 Å². The van der Waals surface area contributed by atoms with Crippen molar-refractivity contribution in [3.8, 4) is 0 Å². The fourth-order valence-electron chi connectivity index (χ4n) is 8.44. The summed E-state index contributed by atoms with van der Waals surface area (Å²) in [6, 6.07) is 0. The Labute approximate surface area is 185 Å². The molecule has 0 bridgehead atoms. The average molecular weight is 431 g/mol. The molecule has 0 spiro atoms. The molecule has 0 amide bonds. The van der Waals surface area contributed by atoms with E-state index in [1.54, 1.807) is 11.0 Å². The number of carbonyl (C=O) groups is 1. The van der Waals surface area contributed by atoms with Crippen LogP contribution in [0.25, 0.3) is 0 Å². The quantitative estimate of drug-likeness (QED) is 0.745. The molecule has 1 aromatic heterocycles. The first-order chi connectivity index (χ1) is 14.9. The van der Waals surface area contributed by atoms with E-state index in [0.29, 0.717) is 37.4 Å². The van der Waals surface area contributed by atoms with Crippen molar-refractivity contribution in [2.75, 3.05) is 13.2 Å². The number of aliphatic hydroxyl groups is 1. The Hall–Kier alpha value is -1.34. The standard InChI is InChI=1S/C24H38N4O3/c1-3-31-14-24(30)11-9-17-16(12-24)4-5-19-18(17)8-10-23(2)20(19)6-7-21(23)22(29)13-28-15-25-26-27-28/h15-21,30H,3-14H2,1-2H3/t16-,17?,18+,19?,20-,21+,23?,24+/m0/s1. The summed E-state index contributed by atoms with van der Waals surface area (Å²) >= 11 is 0. The minimum absolute atomic E-state index is 0.128. The maximum absolute atomic E-state index is 13.2. The molecule has 3 unspecified atom stereocenters. The number of rotatable bonds is 6. The molecule has 4 fully saturated rings. The number of fused-ring (bicyclic) bond motifs is 5. The first-order valence-corrected chi connectivity index (χ1v) is 12.5. The van der Waals surface area contributed by atoms with Gasteiger partial charge >= 0.3 is 0 Å². The summed E-state index contributed by atoms with van der Waals surface area (Å²) in [5, 5.41) is 22.3. The van der Waals surface area contributed by atoms with Gasteiger partial charge in [0.1, 0.15) is 12.9 Å². The van der Waals surface area contributed by atoms with Gasteiger partial charge in [0.05, 0.1) is 12.2 Å². The highest BCUT2D eigenvalue weighted by atomic mass is 16.5. The molecule has 1 N–H and O–H groups in total. The summed E-state index contributed by atoms with van der Waals surface area (Å²) in [5.74, 6) is 4.04. The van der Waals surface area contributed by atoms with Crippen LogP contribution in [0.4, 0.5) is 0 Å². The van der Waals surface area contributed by atoms with E-state index in [0.717, 1.165) is 49.9 Å². The predicted molar refractivity (Wildman–Crippen MR) is 115 cm³/mol. The van der Waals surface area contributed by atoms with Crippen LogP contribution in [-0.4, -0.2) is 49.9 Å². The number of ether oxygens (including phenoxy) is 1. The normalized spacial score (nSPS) is 44.4. The van der Waals surface area contributed by atoms with Crippen LogP contribution in [0.15, 0.2) is 6.33 Å². The molecular weight excluding hydrogens is 392 g/mol. The molecule has 1 aromatic rings. The van der Waals surface area contributed by atoms with Crippen molar-refractivity contribution in [3.63, 3.8) is 0 Å². The van der Waals surface area contributed by atoms with Gasteiger partial charge in [-0.05, 0) is 110 Å². The molecule has 4 saturated carbocycles. The zero-order valence-corrected chi connectivity index (χ0v) is 19.1. The van der Waals surface area contributed by atoms with Crippen molar-refractivity contribution in [2.45, 2.75) is 83.8 Å². The van der Waals surface area contributed by atoms with Crippen LogP contribution in [0.3, 0.4) is 0 Å². The molecule has 7 heteroatoms. The first-order valence-electron chi connectivity index (χ1n) is 12.5. The van der Waals surface area contributed by atoms with Gasteiger partial charge in [-0.15, -0.1) is 5.10 Å². The molecule has 0 saturated heterocycles. The zero-order chi connectivity index (χ0) is 21.6. The lowest BCUT2D eigenvalue weighted by Crippen LogP contribution is -2.52. The highest BCUT2D eigenvalue weighted by Crippen LogP contribution is 2.64. The Morgan fingerprint density at radius 2 is 1.97 bits per heavy atom. The SMILES string of the molecule is CCOC[C@@]1(O)CCC2[C@@H](CCC3[C@@H]2CCC2(C)[C@@H](C(=O)Cn4cnnn4)CC[C@@H]32)C1. The van der Waals surface area contributed by atoms with Gasteiger partial charge in [0.25, 0.3) is 0 Å². The van der Waals surface area contributed by atoms with Crippen LogP contribution in [0.1, 0.15) is 71.6 Å². The third-order valence-corrected chi connectivity index (χ3v) is 9.78. The summed E-state index contributed by atoms with van der Waals surface area (Å²) in [4.78, 5) is 13.2. The Morgan fingerprint density at radius 1 is 1.13 bits per heavy atom. The van der Waals surface area contributed by atoms with Gasteiger partial charge in [-0.3, -0.25) is 4.79 Å². The van der Waals surface area contributed by atoms with E-state index in [4.69, 9.17) is 4.74 Å². The summed E-state index contributed by atoms with van der Waals surface area (Å²) in [7, 11) is 0. The molecule has 5 rings (SSSR count). The van der Waals surface area contributed by atoms with Crippen LogP contribution in [0.5, 0.6) is 0 Å². The van der Waals surface area contributed by atoms with Crippen molar-refractivity contribution in [2.24, 2.45) is 40.9 Å². The topological polar surface area (TPSA) is 90.1 Å². The van der Waals surface area contributed by atoms with E-state index >= 15 is 0 Å². The van der Waals surface area contributed by atoms with E-state index in [1.807, 2.05) is 6.92 Å². The molecule has 7 nitrogen and oxygen atoms in total. The number of ketones is 1. The Bertz CT molecular complexity index is 786. The fraction of sp³-hybridized carbons (Fsp3) is 0.917. The van der Waals surface area contributed by atoms with Crippen LogP contribution < -0.4 is 0 Å². The average Bonchev–Trinajstić information content (AvgIpc) is 3.39. The maximum Gasteiger partial charge on any atom is 0.158 e. The van der Waals surface area contributed by atoms with Crippen molar-refractivity contribution in [3.05, 3.63) is 6.33 Å². The molecular formula is C24H38N4O3. The van der Waals surface area contributed by atoms with Crippen LogP contribution >= 0.6 is 0 Å². The smallest absolute Gasteiger partial charge is 0.158 e.